The van der Waals surface area contributed by atoms with E-state index < -0.39 is 0 Å². The Morgan fingerprint density at radius 1 is 1.57 bits per heavy atom. The van der Waals surface area contributed by atoms with E-state index in [9.17, 15) is 0 Å². The van der Waals surface area contributed by atoms with Gasteiger partial charge < -0.3 is 9.47 Å². The van der Waals surface area contributed by atoms with Gasteiger partial charge in [0.25, 0.3) is 0 Å². The van der Waals surface area contributed by atoms with E-state index >= 15 is 0 Å². The Morgan fingerprint density at radius 2 is 2.36 bits per heavy atom. The molecule has 0 aliphatic carbocycles. The molecule has 0 saturated heterocycles. The summed E-state index contributed by atoms with van der Waals surface area (Å²) in [6.45, 7) is 4.23. The van der Waals surface area contributed by atoms with Gasteiger partial charge in [-0.15, -0.1) is 0 Å². The predicted molar refractivity (Wildman–Crippen MR) is 53.4 cm³/mol. The lowest BCUT2D eigenvalue weighted by atomic mass is 10.5. The number of nitrogens with zero attached hydrogens (tertiary/aromatic N) is 2. The molecule has 0 bridgehead atoms. The summed E-state index contributed by atoms with van der Waals surface area (Å²) >= 11 is 5.75. The van der Waals surface area contributed by atoms with Gasteiger partial charge >= 0.3 is 0 Å². The normalized spacial score (nSPS) is 9.86. The quantitative estimate of drug-likeness (QED) is 0.554. The fourth-order valence-corrected chi connectivity index (χ4v) is 1.04. The van der Waals surface area contributed by atoms with Crippen molar-refractivity contribution in [1.82, 2.24) is 9.97 Å². The molecule has 1 aromatic heterocycles. The maximum atomic E-state index is 5.75. The van der Waals surface area contributed by atoms with Crippen LogP contribution in [-0.4, -0.2) is 23.7 Å². The van der Waals surface area contributed by atoms with Gasteiger partial charge in [-0.3, -0.25) is 0 Å². The van der Waals surface area contributed by atoms with Crippen LogP contribution in [0.15, 0.2) is 18.7 Å². The zero-order valence-electron chi connectivity index (χ0n) is 7.86. The van der Waals surface area contributed by atoms with Gasteiger partial charge in [0.05, 0.1) is 0 Å². The first-order chi connectivity index (χ1) is 6.76. The van der Waals surface area contributed by atoms with Crippen molar-refractivity contribution in [3.8, 4) is 5.88 Å². The molecule has 0 fully saturated rings. The van der Waals surface area contributed by atoms with Gasteiger partial charge in [-0.1, -0.05) is 24.3 Å². The highest BCUT2D eigenvalue weighted by atomic mass is 35.5. The van der Waals surface area contributed by atoms with Crippen molar-refractivity contribution in [3.63, 3.8) is 0 Å². The summed E-state index contributed by atoms with van der Waals surface area (Å²) < 4.78 is 10.1. The Balaban J connectivity index is 2.77. The molecular formula is C9H11ClN2O2. The third kappa shape index (κ3) is 3.32. The Morgan fingerprint density at radius 3 is 3.00 bits per heavy atom. The van der Waals surface area contributed by atoms with Crippen molar-refractivity contribution >= 4 is 11.6 Å². The third-order valence-electron chi connectivity index (χ3n) is 1.34. The van der Waals surface area contributed by atoms with E-state index in [0.717, 1.165) is 0 Å². The van der Waals surface area contributed by atoms with Gasteiger partial charge in [-0.25, -0.2) is 4.98 Å². The highest BCUT2D eigenvalue weighted by molar-refractivity contribution is 6.29. The fraction of sp³-hybridized carbons (Fsp3) is 0.333. The van der Waals surface area contributed by atoms with Crippen molar-refractivity contribution < 1.29 is 9.47 Å². The Hall–Kier alpha value is -1.13. The SMILES string of the molecule is C=CCOc1cc(Cl)nc(COC)n1. The lowest BCUT2D eigenvalue weighted by molar-refractivity contribution is 0.176. The van der Waals surface area contributed by atoms with Crippen molar-refractivity contribution in [3.05, 3.63) is 29.7 Å². The smallest absolute Gasteiger partial charge is 0.218 e. The van der Waals surface area contributed by atoms with E-state index in [2.05, 4.69) is 16.5 Å². The molecule has 0 saturated carbocycles. The minimum absolute atomic E-state index is 0.311. The van der Waals surface area contributed by atoms with E-state index in [1.807, 2.05) is 0 Å². The molecule has 0 N–H and O–H groups in total. The molecule has 0 atom stereocenters. The Bertz CT molecular complexity index is 318. The van der Waals surface area contributed by atoms with E-state index in [1.54, 1.807) is 19.3 Å². The van der Waals surface area contributed by atoms with Gasteiger partial charge in [0.2, 0.25) is 5.88 Å². The van der Waals surface area contributed by atoms with Crippen LogP contribution < -0.4 is 4.74 Å². The van der Waals surface area contributed by atoms with Crippen molar-refractivity contribution in [2.75, 3.05) is 13.7 Å². The molecule has 0 amide bonds. The summed E-state index contributed by atoms with van der Waals surface area (Å²) in [5.41, 5.74) is 0. The Kier molecular flexibility index (Phi) is 4.35. The number of hydrogen-bond acceptors (Lipinski definition) is 4. The molecule has 1 aromatic rings. The molecule has 1 heterocycles. The number of methoxy groups -OCH3 is 1. The topological polar surface area (TPSA) is 44.2 Å². The van der Waals surface area contributed by atoms with Crippen LogP contribution in [0.4, 0.5) is 0 Å². The molecule has 76 valence electrons. The predicted octanol–water partition coefficient (Wildman–Crippen LogP) is 1.84. The molecule has 0 aliphatic heterocycles. The van der Waals surface area contributed by atoms with Gasteiger partial charge in [0, 0.05) is 13.2 Å². The summed E-state index contributed by atoms with van der Waals surface area (Å²) in [4.78, 5) is 8.03. The summed E-state index contributed by atoms with van der Waals surface area (Å²) in [6, 6.07) is 1.55. The van der Waals surface area contributed by atoms with Gasteiger partial charge in [-0.2, -0.15) is 4.98 Å². The number of halogens is 1. The molecule has 0 unspecified atom stereocenters. The van der Waals surface area contributed by atoms with E-state index in [0.29, 0.717) is 30.1 Å². The van der Waals surface area contributed by atoms with E-state index in [4.69, 9.17) is 21.1 Å². The third-order valence-corrected chi connectivity index (χ3v) is 1.53. The second-order valence-corrected chi connectivity index (χ2v) is 2.87. The maximum Gasteiger partial charge on any atom is 0.218 e. The number of hydrogen-bond donors (Lipinski definition) is 0. The molecule has 5 heteroatoms. The monoisotopic (exact) mass is 214 g/mol. The van der Waals surface area contributed by atoms with Crippen LogP contribution >= 0.6 is 11.6 Å². The van der Waals surface area contributed by atoms with Crippen LogP contribution in [0, 0.1) is 0 Å². The average molecular weight is 215 g/mol. The molecule has 0 spiro atoms. The minimum Gasteiger partial charge on any atom is -0.473 e. The van der Waals surface area contributed by atoms with Crippen molar-refractivity contribution in [1.29, 1.82) is 0 Å². The van der Waals surface area contributed by atoms with Crippen LogP contribution in [0.5, 0.6) is 5.88 Å². The maximum absolute atomic E-state index is 5.75. The summed E-state index contributed by atoms with van der Waals surface area (Å²) in [7, 11) is 1.56. The molecule has 4 nitrogen and oxygen atoms in total. The van der Waals surface area contributed by atoms with Gasteiger partial charge in [0.1, 0.15) is 18.4 Å². The highest BCUT2D eigenvalue weighted by Crippen LogP contribution is 2.13. The summed E-state index contributed by atoms with van der Waals surface area (Å²) in [6.07, 6.45) is 1.63. The molecule has 0 radical (unpaired) electrons. The van der Waals surface area contributed by atoms with Crippen LogP contribution in [-0.2, 0) is 11.3 Å². The zero-order valence-corrected chi connectivity index (χ0v) is 8.62. The number of aromatic nitrogens is 2. The first-order valence-corrected chi connectivity index (χ1v) is 4.40. The largest absolute Gasteiger partial charge is 0.473 e. The van der Waals surface area contributed by atoms with Crippen LogP contribution in [0.2, 0.25) is 5.15 Å². The van der Waals surface area contributed by atoms with Crippen molar-refractivity contribution in [2.45, 2.75) is 6.61 Å². The highest BCUT2D eigenvalue weighted by Gasteiger charge is 2.03. The van der Waals surface area contributed by atoms with Crippen LogP contribution in [0.25, 0.3) is 0 Å². The second kappa shape index (κ2) is 5.57. The molecule has 1 rings (SSSR count). The molecule has 0 aromatic carbocycles. The van der Waals surface area contributed by atoms with Crippen molar-refractivity contribution in [2.24, 2.45) is 0 Å². The molecule has 0 aliphatic rings. The van der Waals surface area contributed by atoms with Crippen LogP contribution in [0.1, 0.15) is 5.82 Å². The standard InChI is InChI=1S/C9H11ClN2O2/c1-3-4-14-9-5-7(10)11-8(12-9)6-13-2/h3,5H,1,4,6H2,2H3. The summed E-state index contributed by atoms with van der Waals surface area (Å²) in [5.74, 6) is 0.927. The lowest BCUT2D eigenvalue weighted by Crippen LogP contribution is -2.01. The minimum atomic E-state index is 0.311. The van der Waals surface area contributed by atoms with Crippen LogP contribution in [0.3, 0.4) is 0 Å². The second-order valence-electron chi connectivity index (χ2n) is 2.48. The number of ether oxygens (including phenoxy) is 2. The average Bonchev–Trinajstić information content (AvgIpc) is 2.14. The summed E-state index contributed by atoms with van der Waals surface area (Å²) in [5, 5.41) is 0.339. The lowest BCUT2D eigenvalue weighted by Gasteiger charge is -2.04. The first-order valence-electron chi connectivity index (χ1n) is 4.02. The Labute approximate surface area is 87.5 Å². The van der Waals surface area contributed by atoms with E-state index in [1.165, 1.54) is 0 Å². The zero-order chi connectivity index (χ0) is 10.4. The fourth-order valence-electron chi connectivity index (χ4n) is 0.854. The van der Waals surface area contributed by atoms with Gasteiger partial charge in [0.15, 0.2) is 5.82 Å². The van der Waals surface area contributed by atoms with Gasteiger partial charge in [-0.05, 0) is 0 Å². The molecular weight excluding hydrogens is 204 g/mol. The van der Waals surface area contributed by atoms with E-state index in [-0.39, 0.29) is 0 Å². The molecule has 14 heavy (non-hydrogen) atoms. The number of rotatable bonds is 5. The first kappa shape index (κ1) is 10.9.